The molecule has 0 radical (unpaired) electrons. The van der Waals surface area contributed by atoms with E-state index >= 15 is 0 Å². The fourth-order valence-electron chi connectivity index (χ4n) is 1.11. The maximum Gasteiger partial charge on any atom is 0.0513 e. The summed E-state index contributed by atoms with van der Waals surface area (Å²) in [6.45, 7) is 2.98. The molecule has 0 saturated carbocycles. The van der Waals surface area contributed by atoms with E-state index < -0.39 is 0 Å². The van der Waals surface area contributed by atoms with Gasteiger partial charge in [0.1, 0.15) is 0 Å². The van der Waals surface area contributed by atoms with Crippen molar-refractivity contribution in [2.75, 3.05) is 12.3 Å². The molecule has 1 atom stereocenters. The number of unbranched alkanes of at least 4 members (excludes halogenated alkanes) is 1. The molecular formula is C10H17NS2. The van der Waals surface area contributed by atoms with E-state index in [1.165, 1.54) is 23.5 Å². The molecule has 1 rings (SSSR count). The topological polar surface area (TPSA) is 26.0 Å². The van der Waals surface area contributed by atoms with Crippen molar-refractivity contribution in [3.63, 3.8) is 0 Å². The second kappa shape index (κ2) is 6.46. The van der Waals surface area contributed by atoms with E-state index in [0.717, 1.165) is 6.54 Å². The molecule has 0 aliphatic rings. The highest BCUT2D eigenvalue weighted by Gasteiger charge is 2.09. The monoisotopic (exact) mass is 215 g/mol. The SMILES string of the molecule is CCCCSC(CN)c1cccs1. The van der Waals surface area contributed by atoms with Gasteiger partial charge in [-0.05, 0) is 23.6 Å². The van der Waals surface area contributed by atoms with Crippen LogP contribution in [0.2, 0.25) is 0 Å². The lowest BCUT2D eigenvalue weighted by Gasteiger charge is -2.11. The predicted octanol–water partition coefficient (Wildman–Crippen LogP) is 3.28. The van der Waals surface area contributed by atoms with Gasteiger partial charge in [0.25, 0.3) is 0 Å². The third-order valence-corrected chi connectivity index (χ3v) is 4.40. The van der Waals surface area contributed by atoms with E-state index in [1.807, 2.05) is 23.1 Å². The lowest BCUT2D eigenvalue weighted by molar-refractivity contribution is 0.886. The molecular weight excluding hydrogens is 198 g/mol. The van der Waals surface area contributed by atoms with E-state index in [9.17, 15) is 0 Å². The van der Waals surface area contributed by atoms with Crippen molar-refractivity contribution in [3.05, 3.63) is 22.4 Å². The number of rotatable bonds is 6. The predicted molar refractivity (Wildman–Crippen MR) is 63.5 cm³/mol. The summed E-state index contributed by atoms with van der Waals surface area (Å²) in [5.74, 6) is 1.23. The Morgan fingerprint density at radius 2 is 2.46 bits per heavy atom. The second-order valence-electron chi connectivity index (χ2n) is 2.96. The van der Waals surface area contributed by atoms with Gasteiger partial charge >= 0.3 is 0 Å². The highest BCUT2D eigenvalue weighted by molar-refractivity contribution is 7.99. The Morgan fingerprint density at radius 3 is 3.00 bits per heavy atom. The van der Waals surface area contributed by atoms with E-state index in [1.54, 1.807) is 0 Å². The maximum atomic E-state index is 5.73. The molecule has 2 N–H and O–H groups in total. The summed E-state index contributed by atoms with van der Waals surface area (Å²) in [7, 11) is 0. The minimum absolute atomic E-state index is 0.520. The Bertz CT molecular complexity index is 209. The first-order chi connectivity index (χ1) is 6.38. The van der Waals surface area contributed by atoms with Gasteiger partial charge in [0.2, 0.25) is 0 Å². The van der Waals surface area contributed by atoms with Crippen LogP contribution in [0.5, 0.6) is 0 Å². The number of thiophene rings is 1. The average molecular weight is 215 g/mol. The van der Waals surface area contributed by atoms with Crippen molar-refractivity contribution in [1.29, 1.82) is 0 Å². The van der Waals surface area contributed by atoms with Gasteiger partial charge in [-0.25, -0.2) is 0 Å². The van der Waals surface area contributed by atoms with Crippen LogP contribution in [0, 0.1) is 0 Å². The Hall–Kier alpha value is 0.01000. The van der Waals surface area contributed by atoms with Crippen molar-refractivity contribution in [2.24, 2.45) is 5.73 Å². The average Bonchev–Trinajstić information content (AvgIpc) is 2.65. The zero-order valence-corrected chi connectivity index (χ0v) is 9.66. The molecule has 0 aliphatic heterocycles. The first-order valence-electron chi connectivity index (χ1n) is 4.73. The lowest BCUT2D eigenvalue weighted by Crippen LogP contribution is -2.08. The second-order valence-corrected chi connectivity index (χ2v) is 5.25. The summed E-state index contributed by atoms with van der Waals surface area (Å²) in [6.07, 6.45) is 2.57. The molecule has 0 aliphatic carbocycles. The van der Waals surface area contributed by atoms with Crippen molar-refractivity contribution >= 4 is 23.1 Å². The van der Waals surface area contributed by atoms with E-state index in [0.29, 0.717) is 5.25 Å². The molecule has 74 valence electrons. The van der Waals surface area contributed by atoms with Crippen LogP contribution >= 0.6 is 23.1 Å². The summed E-state index contributed by atoms with van der Waals surface area (Å²) in [5.41, 5.74) is 5.73. The van der Waals surface area contributed by atoms with Crippen LogP contribution in [-0.4, -0.2) is 12.3 Å². The third-order valence-electron chi connectivity index (χ3n) is 1.89. The zero-order valence-electron chi connectivity index (χ0n) is 8.03. The van der Waals surface area contributed by atoms with Gasteiger partial charge in [0.05, 0.1) is 5.25 Å². The standard InChI is InChI=1S/C10H17NS2/c1-2-3-6-13-10(8-11)9-5-4-7-12-9/h4-5,7,10H,2-3,6,8,11H2,1H3. The number of thioether (sulfide) groups is 1. The van der Waals surface area contributed by atoms with Crippen molar-refractivity contribution in [1.82, 2.24) is 0 Å². The number of nitrogens with two attached hydrogens (primary N) is 1. The molecule has 0 spiro atoms. The largest absolute Gasteiger partial charge is 0.329 e. The van der Waals surface area contributed by atoms with Gasteiger partial charge in [0.15, 0.2) is 0 Å². The van der Waals surface area contributed by atoms with E-state index in [-0.39, 0.29) is 0 Å². The smallest absolute Gasteiger partial charge is 0.0513 e. The molecule has 0 bridgehead atoms. The molecule has 1 nitrogen and oxygen atoms in total. The molecule has 0 amide bonds. The van der Waals surface area contributed by atoms with Gasteiger partial charge < -0.3 is 5.73 Å². The van der Waals surface area contributed by atoms with Crippen LogP contribution in [0.1, 0.15) is 29.9 Å². The Morgan fingerprint density at radius 1 is 1.62 bits per heavy atom. The van der Waals surface area contributed by atoms with Gasteiger partial charge in [0, 0.05) is 11.4 Å². The highest BCUT2D eigenvalue weighted by atomic mass is 32.2. The molecule has 1 unspecified atom stereocenters. The fraction of sp³-hybridized carbons (Fsp3) is 0.600. The molecule has 0 fully saturated rings. The minimum Gasteiger partial charge on any atom is -0.329 e. The third kappa shape index (κ3) is 3.71. The Labute approximate surface area is 88.7 Å². The molecule has 0 aromatic carbocycles. The van der Waals surface area contributed by atoms with Gasteiger partial charge in [-0.15, -0.1) is 11.3 Å². The zero-order chi connectivity index (χ0) is 9.52. The summed E-state index contributed by atoms with van der Waals surface area (Å²) in [5, 5.41) is 2.64. The van der Waals surface area contributed by atoms with Crippen molar-refractivity contribution in [3.8, 4) is 0 Å². The molecule has 0 saturated heterocycles. The van der Waals surface area contributed by atoms with Crippen LogP contribution in [0.15, 0.2) is 17.5 Å². The van der Waals surface area contributed by atoms with E-state index in [4.69, 9.17) is 5.73 Å². The molecule has 3 heteroatoms. The Balaban J connectivity index is 2.35. The van der Waals surface area contributed by atoms with Crippen LogP contribution in [-0.2, 0) is 0 Å². The first-order valence-corrected chi connectivity index (χ1v) is 6.66. The van der Waals surface area contributed by atoms with Crippen molar-refractivity contribution < 1.29 is 0 Å². The highest BCUT2D eigenvalue weighted by Crippen LogP contribution is 2.31. The lowest BCUT2D eigenvalue weighted by atomic mass is 10.3. The quantitative estimate of drug-likeness (QED) is 0.737. The number of hydrogen-bond acceptors (Lipinski definition) is 3. The summed E-state index contributed by atoms with van der Waals surface area (Å²) >= 11 is 3.80. The first kappa shape index (κ1) is 11.1. The summed E-state index contributed by atoms with van der Waals surface area (Å²) in [4.78, 5) is 1.42. The van der Waals surface area contributed by atoms with Gasteiger partial charge in [-0.3, -0.25) is 0 Å². The van der Waals surface area contributed by atoms with Gasteiger partial charge in [-0.1, -0.05) is 19.4 Å². The van der Waals surface area contributed by atoms with Crippen LogP contribution in [0.4, 0.5) is 0 Å². The molecule has 1 aromatic heterocycles. The normalized spacial score (nSPS) is 13.1. The van der Waals surface area contributed by atoms with Crippen LogP contribution in [0.25, 0.3) is 0 Å². The van der Waals surface area contributed by atoms with Crippen molar-refractivity contribution in [2.45, 2.75) is 25.0 Å². The van der Waals surface area contributed by atoms with E-state index in [2.05, 4.69) is 24.4 Å². The fourth-order valence-corrected chi connectivity index (χ4v) is 3.32. The van der Waals surface area contributed by atoms with Crippen LogP contribution < -0.4 is 5.73 Å². The van der Waals surface area contributed by atoms with Crippen LogP contribution in [0.3, 0.4) is 0 Å². The Kier molecular flexibility index (Phi) is 5.51. The summed E-state index contributed by atoms with van der Waals surface area (Å²) < 4.78 is 0. The molecule has 1 aromatic rings. The molecule has 13 heavy (non-hydrogen) atoms. The summed E-state index contributed by atoms with van der Waals surface area (Å²) in [6, 6.07) is 4.28. The minimum atomic E-state index is 0.520. The van der Waals surface area contributed by atoms with Gasteiger partial charge in [-0.2, -0.15) is 11.8 Å². The number of hydrogen-bond donors (Lipinski definition) is 1. The molecule has 1 heterocycles. The maximum absolute atomic E-state index is 5.73.